The lowest BCUT2D eigenvalue weighted by Gasteiger charge is -2.31. The Morgan fingerprint density at radius 3 is 2.72 bits per heavy atom. The molecule has 2 unspecified atom stereocenters. The normalized spacial score (nSPS) is 31.3. The maximum atomic E-state index is 6.08. The van der Waals surface area contributed by atoms with Crippen LogP contribution in [0, 0.1) is 0 Å². The van der Waals surface area contributed by atoms with Crippen LogP contribution in [0.5, 0.6) is 0 Å². The van der Waals surface area contributed by atoms with Crippen molar-refractivity contribution in [1.82, 2.24) is 10.2 Å². The number of rotatable bonds is 6. The Labute approximate surface area is 111 Å². The number of ether oxygens (including phenoxy) is 2. The van der Waals surface area contributed by atoms with Crippen LogP contribution in [-0.4, -0.2) is 62.5 Å². The number of nitrogens with zero attached hydrogens (tertiary/aromatic N) is 1. The Kier molecular flexibility index (Phi) is 5.42. The van der Waals surface area contributed by atoms with E-state index in [-0.39, 0.29) is 12.2 Å². The number of nitrogens with one attached hydrogen (secondary N) is 1. The number of hydrogen-bond acceptors (Lipinski definition) is 4. The molecular weight excluding hydrogens is 228 g/mol. The molecule has 0 aromatic carbocycles. The minimum atomic E-state index is 0.220. The average Bonchev–Trinajstić information content (AvgIpc) is 2.95. The van der Waals surface area contributed by atoms with Gasteiger partial charge in [-0.3, -0.25) is 0 Å². The van der Waals surface area contributed by atoms with Gasteiger partial charge in [0.25, 0.3) is 0 Å². The third-order valence-electron chi connectivity index (χ3n) is 3.96. The molecule has 4 nitrogen and oxygen atoms in total. The lowest BCUT2D eigenvalue weighted by Crippen LogP contribution is -2.43. The highest BCUT2D eigenvalue weighted by Crippen LogP contribution is 2.22. The van der Waals surface area contributed by atoms with E-state index in [0.717, 1.165) is 26.1 Å². The van der Waals surface area contributed by atoms with Gasteiger partial charge in [-0.1, -0.05) is 0 Å². The van der Waals surface area contributed by atoms with Crippen molar-refractivity contribution >= 4 is 0 Å². The van der Waals surface area contributed by atoms with Gasteiger partial charge < -0.3 is 19.7 Å². The lowest BCUT2D eigenvalue weighted by atomic mass is 10.1. The van der Waals surface area contributed by atoms with E-state index in [4.69, 9.17) is 9.47 Å². The first-order valence-electron chi connectivity index (χ1n) is 7.35. The van der Waals surface area contributed by atoms with Crippen LogP contribution in [0.3, 0.4) is 0 Å². The summed E-state index contributed by atoms with van der Waals surface area (Å²) in [6.45, 7) is 8.23. The van der Waals surface area contributed by atoms with Gasteiger partial charge in [0, 0.05) is 12.6 Å². The van der Waals surface area contributed by atoms with Gasteiger partial charge in [0.05, 0.1) is 24.9 Å². The van der Waals surface area contributed by atoms with E-state index in [1.165, 1.54) is 19.4 Å². The summed E-state index contributed by atoms with van der Waals surface area (Å²) in [6.07, 6.45) is 4.53. The monoisotopic (exact) mass is 256 g/mol. The second-order valence-electron chi connectivity index (χ2n) is 5.86. The molecule has 106 valence electrons. The Balaban J connectivity index is 1.83. The van der Waals surface area contributed by atoms with Gasteiger partial charge in [-0.2, -0.15) is 0 Å². The Bertz CT molecular complexity index is 242. The summed E-state index contributed by atoms with van der Waals surface area (Å²) in [5, 5.41) is 3.34. The molecule has 4 heteroatoms. The molecule has 0 radical (unpaired) electrons. The zero-order valence-electron chi connectivity index (χ0n) is 12.0. The molecular formula is C14H28N2O2. The molecule has 0 aromatic rings. The van der Waals surface area contributed by atoms with Gasteiger partial charge in [-0.25, -0.2) is 0 Å². The van der Waals surface area contributed by atoms with Gasteiger partial charge in [-0.05, 0) is 53.2 Å². The van der Waals surface area contributed by atoms with Crippen LogP contribution in [0.4, 0.5) is 0 Å². The fourth-order valence-electron chi connectivity index (χ4n) is 3.00. The van der Waals surface area contributed by atoms with Crippen molar-refractivity contribution in [3.63, 3.8) is 0 Å². The van der Waals surface area contributed by atoms with Gasteiger partial charge in [0.1, 0.15) is 0 Å². The van der Waals surface area contributed by atoms with E-state index in [1.807, 2.05) is 0 Å². The number of hydrogen-bond donors (Lipinski definition) is 1. The van der Waals surface area contributed by atoms with Crippen LogP contribution in [0.2, 0.25) is 0 Å². The highest BCUT2D eigenvalue weighted by molar-refractivity contribution is 4.85. The molecule has 2 rings (SSSR count). The van der Waals surface area contributed by atoms with Gasteiger partial charge in [0.2, 0.25) is 0 Å². The Morgan fingerprint density at radius 1 is 1.33 bits per heavy atom. The van der Waals surface area contributed by atoms with Crippen LogP contribution in [-0.2, 0) is 9.47 Å². The highest BCUT2D eigenvalue weighted by Gasteiger charge is 2.31. The van der Waals surface area contributed by atoms with Crippen LogP contribution in [0.1, 0.15) is 33.1 Å². The molecule has 2 fully saturated rings. The molecule has 0 spiro atoms. The van der Waals surface area contributed by atoms with E-state index in [0.29, 0.717) is 12.1 Å². The molecule has 3 atom stereocenters. The second kappa shape index (κ2) is 6.85. The molecule has 2 aliphatic heterocycles. The molecule has 2 aliphatic rings. The molecule has 0 amide bonds. The zero-order valence-corrected chi connectivity index (χ0v) is 12.0. The summed E-state index contributed by atoms with van der Waals surface area (Å²) >= 11 is 0. The molecule has 1 N–H and O–H groups in total. The van der Waals surface area contributed by atoms with E-state index < -0.39 is 0 Å². The lowest BCUT2D eigenvalue weighted by molar-refractivity contribution is -0.0874. The fourth-order valence-corrected chi connectivity index (χ4v) is 3.00. The maximum Gasteiger partial charge on any atom is 0.0966 e. The zero-order chi connectivity index (χ0) is 13.0. The SMILES string of the molecule is CC(C)OC(COC1CCNC1)[C@@H]1CCCN1C. The fraction of sp³-hybridized carbons (Fsp3) is 1.00. The quantitative estimate of drug-likeness (QED) is 0.775. The number of likely N-dealkylation sites (tertiary alicyclic amines) is 1. The summed E-state index contributed by atoms with van der Waals surface area (Å²) in [5.74, 6) is 0. The maximum absolute atomic E-state index is 6.08. The third-order valence-corrected chi connectivity index (χ3v) is 3.96. The summed E-state index contributed by atoms with van der Waals surface area (Å²) in [6, 6.07) is 0.529. The summed E-state index contributed by atoms with van der Waals surface area (Å²) in [7, 11) is 2.20. The van der Waals surface area contributed by atoms with Crippen molar-refractivity contribution in [2.24, 2.45) is 0 Å². The van der Waals surface area contributed by atoms with Crippen LogP contribution in [0.25, 0.3) is 0 Å². The molecule has 0 aliphatic carbocycles. The third kappa shape index (κ3) is 3.92. The molecule has 2 saturated heterocycles. The van der Waals surface area contributed by atoms with Crippen molar-refractivity contribution in [2.75, 3.05) is 33.3 Å². The topological polar surface area (TPSA) is 33.7 Å². The minimum Gasteiger partial charge on any atom is -0.374 e. The summed E-state index contributed by atoms with van der Waals surface area (Å²) in [4.78, 5) is 2.42. The molecule has 2 heterocycles. The van der Waals surface area contributed by atoms with E-state index in [2.05, 4.69) is 31.1 Å². The predicted molar refractivity (Wildman–Crippen MR) is 72.9 cm³/mol. The minimum absolute atomic E-state index is 0.220. The summed E-state index contributed by atoms with van der Waals surface area (Å²) in [5.41, 5.74) is 0. The Hall–Kier alpha value is -0.160. The first kappa shape index (κ1) is 14.3. The molecule has 0 saturated carbocycles. The van der Waals surface area contributed by atoms with E-state index >= 15 is 0 Å². The van der Waals surface area contributed by atoms with Crippen molar-refractivity contribution in [3.05, 3.63) is 0 Å². The Morgan fingerprint density at radius 2 is 2.17 bits per heavy atom. The highest BCUT2D eigenvalue weighted by atomic mass is 16.5. The van der Waals surface area contributed by atoms with Crippen LogP contribution >= 0.6 is 0 Å². The first-order valence-corrected chi connectivity index (χ1v) is 7.35. The first-order chi connectivity index (χ1) is 8.66. The smallest absolute Gasteiger partial charge is 0.0966 e. The van der Waals surface area contributed by atoms with Crippen molar-refractivity contribution in [1.29, 1.82) is 0 Å². The van der Waals surface area contributed by atoms with Crippen molar-refractivity contribution < 1.29 is 9.47 Å². The van der Waals surface area contributed by atoms with Crippen LogP contribution < -0.4 is 5.32 Å². The molecule has 0 bridgehead atoms. The molecule has 18 heavy (non-hydrogen) atoms. The predicted octanol–water partition coefficient (Wildman–Crippen LogP) is 1.25. The van der Waals surface area contributed by atoms with Gasteiger partial charge in [-0.15, -0.1) is 0 Å². The summed E-state index contributed by atoms with van der Waals surface area (Å²) < 4.78 is 12.1. The van der Waals surface area contributed by atoms with E-state index in [9.17, 15) is 0 Å². The van der Waals surface area contributed by atoms with Gasteiger partial charge in [0.15, 0.2) is 0 Å². The second-order valence-corrected chi connectivity index (χ2v) is 5.86. The largest absolute Gasteiger partial charge is 0.374 e. The molecule has 0 aromatic heterocycles. The number of likely N-dealkylation sites (N-methyl/N-ethyl adjacent to an activating group) is 1. The van der Waals surface area contributed by atoms with Crippen molar-refractivity contribution in [2.45, 2.75) is 57.5 Å². The average molecular weight is 256 g/mol. The van der Waals surface area contributed by atoms with Crippen molar-refractivity contribution in [3.8, 4) is 0 Å². The van der Waals surface area contributed by atoms with E-state index in [1.54, 1.807) is 0 Å². The van der Waals surface area contributed by atoms with Crippen LogP contribution in [0.15, 0.2) is 0 Å². The standard InChI is InChI=1S/C14H28N2O2/c1-11(2)18-14(13-5-4-8-16(13)3)10-17-12-6-7-15-9-12/h11-15H,4-10H2,1-3H3/t12?,13-,14?/m0/s1. The van der Waals surface area contributed by atoms with Gasteiger partial charge >= 0.3 is 0 Å².